The Labute approximate surface area is 392 Å². The fourth-order valence-corrected chi connectivity index (χ4v) is 7.88. The molecule has 0 spiro atoms. The molecule has 0 aromatic heterocycles. The number of unbranched alkanes of at least 4 members (excludes halogenated alkanes) is 4. The van der Waals surface area contributed by atoms with Crippen LogP contribution in [0.1, 0.15) is 82.9 Å². The molecule has 368 valence electrons. The summed E-state index contributed by atoms with van der Waals surface area (Å²) in [4.78, 5) is 56.7. The van der Waals surface area contributed by atoms with E-state index in [9.17, 15) is 28.0 Å². The predicted octanol–water partition coefficient (Wildman–Crippen LogP) is 3.47. The van der Waals surface area contributed by atoms with E-state index in [4.69, 9.17) is 41.4 Å². The number of carbonyl (C=O) groups excluding carboxylic acids is 4. The second-order valence-electron chi connectivity index (χ2n) is 17.0. The number of benzene rings is 2. The number of ether oxygens (including phenoxy) is 4. The fourth-order valence-electron chi connectivity index (χ4n) is 7.88. The van der Waals surface area contributed by atoms with E-state index in [0.717, 1.165) is 32.1 Å². The molecule has 2 aromatic carbocycles. The van der Waals surface area contributed by atoms with Crippen LogP contribution in [0.15, 0.2) is 59.9 Å². The number of allylic oxidation sites excluding steroid dienone is 3. The van der Waals surface area contributed by atoms with Crippen molar-refractivity contribution in [1.29, 1.82) is 5.26 Å². The maximum absolute atomic E-state index is 14.7. The number of halogens is 2. The van der Waals surface area contributed by atoms with E-state index in [1.54, 1.807) is 54.4 Å². The van der Waals surface area contributed by atoms with Crippen molar-refractivity contribution in [1.82, 2.24) is 26.2 Å². The van der Waals surface area contributed by atoms with Crippen molar-refractivity contribution in [3.8, 4) is 28.7 Å². The maximum Gasteiger partial charge on any atom is 0.248 e. The Hall–Kier alpha value is -5.65. The number of amides is 4. The Morgan fingerprint density at radius 2 is 1.61 bits per heavy atom. The van der Waals surface area contributed by atoms with Gasteiger partial charge in [0.25, 0.3) is 0 Å². The summed E-state index contributed by atoms with van der Waals surface area (Å²) in [6, 6.07) is 8.27. The standard InChI is InChI=1S/C48H69F2N9O8/c1-5-6-7-8-9-22-65-35-12-13-38(48(3,28-35)47(49)50)44(61)57-34(16-17-51)29-64-30-59(4)42-33-11-15-41(67-24-20-54)37(27-33)36-25-32(10-14-40(36)66-23-19-53)26-39(45(62)55-21-18-52)58-43(60)31(2)56-46(42)63/h10-15,25,27,31,34,39,42,47H,5-9,16-17,19-24,26,28-30,51,53-54H2,1-4H3,(H,55,62)(H,56,63)(H,57,61)(H,58,60)/t31-,34-,39-,42-,48?/m0/s1. The Balaban J connectivity index is 1.64. The molecule has 1 aliphatic heterocycles. The third kappa shape index (κ3) is 15.4. The summed E-state index contributed by atoms with van der Waals surface area (Å²) in [7, 11) is 1.64. The Morgan fingerprint density at radius 1 is 0.925 bits per heavy atom. The first kappa shape index (κ1) is 54.0. The molecule has 10 N–H and O–H groups in total. The second kappa shape index (κ2) is 27.2. The molecule has 4 rings (SSSR count). The van der Waals surface area contributed by atoms with Crippen LogP contribution >= 0.6 is 0 Å². The number of nitrogens with one attached hydrogen (secondary N) is 4. The van der Waals surface area contributed by atoms with Gasteiger partial charge >= 0.3 is 0 Å². The van der Waals surface area contributed by atoms with E-state index in [1.807, 2.05) is 6.07 Å². The lowest BCUT2D eigenvalue weighted by Gasteiger charge is -2.35. The van der Waals surface area contributed by atoms with Gasteiger partial charge in [0.15, 0.2) is 0 Å². The molecular weight excluding hydrogens is 869 g/mol. The third-order valence-electron chi connectivity index (χ3n) is 11.6. The summed E-state index contributed by atoms with van der Waals surface area (Å²) in [6.07, 6.45) is 5.36. The lowest BCUT2D eigenvalue weighted by Crippen LogP contribution is -2.54. The van der Waals surface area contributed by atoms with Gasteiger partial charge in [-0.25, -0.2) is 8.78 Å². The summed E-state index contributed by atoms with van der Waals surface area (Å²) in [6.45, 7) is 5.71. The number of alkyl halides is 2. The Bertz CT molecular complexity index is 2080. The smallest absolute Gasteiger partial charge is 0.248 e. The highest BCUT2D eigenvalue weighted by atomic mass is 19.3. The monoisotopic (exact) mass is 938 g/mol. The molecule has 0 saturated heterocycles. The molecule has 4 bridgehead atoms. The van der Waals surface area contributed by atoms with Gasteiger partial charge in [-0.1, -0.05) is 44.7 Å². The van der Waals surface area contributed by atoms with Crippen molar-refractivity contribution < 1.29 is 46.9 Å². The van der Waals surface area contributed by atoms with Crippen molar-refractivity contribution in [3.05, 3.63) is 71.0 Å². The number of hydrogen-bond acceptors (Lipinski definition) is 13. The van der Waals surface area contributed by atoms with Crippen LogP contribution < -0.4 is 47.9 Å². The van der Waals surface area contributed by atoms with E-state index >= 15 is 0 Å². The molecule has 17 nitrogen and oxygen atoms in total. The van der Waals surface area contributed by atoms with Gasteiger partial charge in [0.1, 0.15) is 49.4 Å². The summed E-state index contributed by atoms with van der Waals surface area (Å²) in [5.74, 6) is -1.27. The zero-order chi connectivity index (χ0) is 48.9. The summed E-state index contributed by atoms with van der Waals surface area (Å²) >= 11 is 0. The van der Waals surface area contributed by atoms with Gasteiger partial charge in [0, 0.05) is 42.6 Å². The van der Waals surface area contributed by atoms with Crippen molar-refractivity contribution in [3.63, 3.8) is 0 Å². The average Bonchev–Trinajstić information content (AvgIpc) is 3.30. The second-order valence-corrected chi connectivity index (χ2v) is 17.0. The zero-order valence-electron chi connectivity index (χ0n) is 39.2. The Kier molecular flexibility index (Phi) is 21.9. The van der Waals surface area contributed by atoms with Crippen molar-refractivity contribution >= 4 is 23.6 Å². The van der Waals surface area contributed by atoms with E-state index in [1.165, 1.54) is 19.9 Å². The van der Waals surface area contributed by atoms with Crippen LogP contribution in [0.2, 0.25) is 0 Å². The first-order chi connectivity index (χ1) is 32.2. The van der Waals surface area contributed by atoms with Crippen LogP contribution in [0.5, 0.6) is 11.5 Å². The largest absolute Gasteiger partial charge is 0.498 e. The minimum Gasteiger partial charge on any atom is -0.498 e. The normalized spacial score (nSPS) is 20.1. The quantitative estimate of drug-likeness (QED) is 0.0428. The van der Waals surface area contributed by atoms with Gasteiger partial charge in [0.2, 0.25) is 30.1 Å². The van der Waals surface area contributed by atoms with Crippen LogP contribution in [-0.2, 0) is 35.1 Å². The molecule has 0 saturated carbocycles. The highest BCUT2D eigenvalue weighted by Crippen LogP contribution is 2.44. The van der Waals surface area contributed by atoms with Crippen molar-refractivity contribution in [2.24, 2.45) is 22.6 Å². The van der Waals surface area contributed by atoms with Crippen LogP contribution in [0.3, 0.4) is 0 Å². The molecule has 2 aromatic rings. The molecule has 0 fully saturated rings. The first-order valence-electron chi connectivity index (χ1n) is 23.0. The van der Waals surface area contributed by atoms with Gasteiger partial charge in [-0.15, -0.1) is 0 Å². The highest BCUT2D eigenvalue weighted by Gasteiger charge is 2.45. The number of likely N-dealkylation sites (N-methyl/N-ethyl adjacent to an activating group) is 1. The number of rotatable bonds is 25. The molecule has 1 unspecified atom stereocenters. The van der Waals surface area contributed by atoms with Gasteiger partial charge < -0.3 is 57.4 Å². The Morgan fingerprint density at radius 3 is 2.27 bits per heavy atom. The molecule has 0 radical (unpaired) electrons. The van der Waals surface area contributed by atoms with Crippen molar-refractivity contribution in [2.75, 3.05) is 66.4 Å². The molecule has 1 heterocycles. The molecule has 4 amide bonds. The maximum atomic E-state index is 14.7. The molecule has 5 atom stereocenters. The van der Waals surface area contributed by atoms with Crippen LogP contribution in [0.25, 0.3) is 11.1 Å². The summed E-state index contributed by atoms with van der Waals surface area (Å²) in [5.41, 5.74) is 17.9. The topological polar surface area (TPSA) is 258 Å². The number of fused-ring (bicyclic) bond motifs is 5. The summed E-state index contributed by atoms with van der Waals surface area (Å²) < 4.78 is 53.6. The molecule has 1 aliphatic carbocycles. The SMILES string of the molecule is CCCCCCCOC1=CC=C(C(=O)N[C@@H](CCN)COCN(C)[C@@H]2C(=O)N[C@@H](C)C(=O)N[C@H](C(=O)NCC#N)Cc3ccc(OCCN)c(c3)-c3cc2ccc3OCCN)C(C)(C(F)F)C1. The number of hydrogen-bond donors (Lipinski definition) is 7. The number of nitriles is 1. The molecular formula is C48H69F2N9O8. The molecule has 19 heteroatoms. The van der Waals surface area contributed by atoms with Crippen LogP contribution in [0, 0.1) is 16.7 Å². The third-order valence-corrected chi connectivity index (χ3v) is 11.6. The first-order valence-corrected chi connectivity index (χ1v) is 23.0. The molecule has 2 aliphatic rings. The van der Waals surface area contributed by atoms with Gasteiger partial charge in [0.05, 0.1) is 43.2 Å². The van der Waals surface area contributed by atoms with Gasteiger partial charge in [-0.3, -0.25) is 24.1 Å². The van der Waals surface area contributed by atoms with E-state index in [2.05, 4.69) is 28.2 Å². The van der Waals surface area contributed by atoms with E-state index in [-0.39, 0.29) is 77.6 Å². The van der Waals surface area contributed by atoms with Crippen LogP contribution in [0.4, 0.5) is 8.78 Å². The van der Waals surface area contributed by atoms with Crippen molar-refractivity contribution in [2.45, 2.75) is 103 Å². The predicted molar refractivity (Wildman–Crippen MR) is 249 cm³/mol. The highest BCUT2D eigenvalue weighted by molar-refractivity contribution is 5.96. The van der Waals surface area contributed by atoms with Gasteiger partial charge in [-0.05, 0) is 87.8 Å². The van der Waals surface area contributed by atoms with Gasteiger partial charge in [-0.2, -0.15) is 5.26 Å². The van der Waals surface area contributed by atoms with E-state index < -0.39 is 59.6 Å². The minimum atomic E-state index is -2.86. The lowest BCUT2D eigenvalue weighted by molar-refractivity contribution is -0.134. The fraction of sp³-hybridized carbons (Fsp3) is 0.562. The number of carbonyl (C=O) groups is 4. The minimum absolute atomic E-state index is 0.0240. The number of nitrogens with two attached hydrogens (primary N) is 3. The molecule has 67 heavy (non-hydrogen) atoms. The lowest BCUT2D eigenvalue weighted by atomic mass is 9.75. The van der Waals surface area contributed by atoms with E-state index in [0.29, 0.717) is 46.1 Å². The average molecular weight is 938 g/mol. The number of nitrogens with zero attached hydrogens (tertiary/aromatic N) is 2. The van der Waals surface area contributed by atoms with Crippen LogP contribution in [-0.4, -0.2) is 119 Å². The zero-order valence-corrected chi connectivity index (χ0v) is 39.2. The summed E-state index contributed by atoms with van der Waals surface area (Å²) in [5, 5.41) is 20.0.